The number of piperazine rings is 1. The minimum atomic E-state index is -1.10. The van der Waals surface area contributed by atoms with Gasteiger partial charge < -0.3 is 45.5 Å². The van der Waals surface area contributed by atoms with Gasteiger partial charge in [-0.1, -0.05) is 0 Å². The zero-order valence-corrected chi connectivity index (χ0v) is 37.1. The number of hydrogen-bond acceptors (Lipinski definition) is 10. The number of piperidine rings is 1. The fourth-order valence-electron chi connectivity index (χ4n) is 7.51. The molecule has 2 aliphatic heterocycles. The van der Waals surface area contributed by atoms with Crippen molar-refractivity contribution in [1.29, 1.82) is 0 Å². The zero-order valence-electron chi connectivity index (χ0n) is 34.0. The topological polar surface area (TPSA) is 207 Å². The monoisotopic (exact) mass is 954 g/mol. The van der Waals surface area contributed by atoms with Gasteiger partial charge in [0.05, 0.1) is 14.5 Å². The third-order valence-electron chi connectivity index (χ3n) is 10.5. The van der Waals surface area contributed by atoms with Crippen LogP contribution in [0.3, 0.4) is 0 Å². The minimum absolute atomic E-state index is 0.00740. The SMILES string of the molecule is CC(C)(C)OC(=O)NCCCC[C@H](NC(=O)[C@H](Cc1cc(Br)c(O)c(Br)c1)NC(=O)N1CCC(n2c(=O)[nH]c3cccnc32)CC1)C(=O)N1CCN(c2ccncc2)CC1. The highest BCUT2D eigenvalue weighted by molar-refractivity contribution is 9.11. The van der Waals surface area contributed by atoms with Crippen molar-refractivity contribution in [3.63, 3.8) is 0 Å². The summed E-state index contributed by atoms with van der Waals surface area (Å²) in [6.45, 7) is 8.42. The normalized spacial score (nSPS) is 16.0. The number of pyridine rings is 2. The summed E-state index contributed by atoms with van der Waals surface area (Å²) in [6.07, 6.45) is 6.93. The van der Waals surface area contributed by atoms with Crippen LogP contribution in [0.15, 0.2) is 68.7 Å². The van der Waals surface area contributed by atoms with Crippen LogP contribution in [0, 0.1) is 0 Å². The van der Waals surface area contributed by atoms with Crippen LogP contribution in [0.1, 0.15) is 64.5 Å². The van der Waals surface area contributed by atoms with Crippen LogP contribution in [0.4, 0.5) is 15.3 Å². The molecule has 0 radical (unpaired) electrons. The number of rotatable bonds is 13. The van der Waals surface area contributed by atoms with Crippen molar-refractivity contribution >= 4 is 72.6 Å². The molecule has 2 atom stereocenters. The number of aromatic hydroxyl groups is 1. The molecule has 0 spiro atoms. The maximum atomic E-state index is 14.4. The highest BCUT2D eigenvalue weighted by atomic mass is 79.9. The van der Waals surface area contributed by atoms with Gasteiger partial charge in [0.25, 0.3) is 0 Å². The predicted octanol–water partition coefficient (Wildman–Crippen LogP) is 4.84. The summed E-state index contributed by atoms with van der Waals surface area (Å²) in [7, 11) is 0. The van der Waals surface area contributed by atoms with Crippen LogP contribution in [0.5, 0.6) is 5.75 Å². The highest BCUT2D eigenvalue weighted by Gasteiger charge is 2.33. The van der Waals surface area contributed by atoms with Gasteiger partial charge >= 0.3 is 17.8 Å². The molecule has 60 heavy (non-hydrogen) atoms. The zero-order chi connectivity index (χ0) is 43.0. The summed E-state index contributed by atoms with van der Waals surface area (Å²) in [5.74, 6) is -0.787. The number of amides is 5. The van der Waals surface area contributed by atoms with Crippen LogP contribution in [0.25, 0.3) is 11.2 Å². The Balaban J connectivity index is 1.15. The molecule has 5 N–H and O–H groups in total. The first-order valence-electron chi connectivity index (χ1n) is 20.2. The van der Waals surface area contributed by atoms with E-state index >= 15 is 0 Å². The van der Waals surface area contributed by atoms with Crippen molar-refractivity contribution in [2.24, 2.45) is 0 Å². The van der Waals surface area contributed by atoms with E-state index in [-0.39, 0.29) is 36.2 Å². The van der Waals surface area contributed by atoms with E-state index in [9.17, 15) is 29.1 Å². The average Bonchev–Trinajstić information content (AvgIpc) is 3.56. The number of aromatic nitrogens is 4. The lowest BCUT2D eigenvalue weighted by molar-refractivity contribution is -0.137. The summed E-state index contributed by atoms with van der Waals surface area (Å²) < 4.78 is 7.79. The molecule has 4 aromatic rings. The molecule has 5 heterocycles. The second-order valence-corrected chi connectivity index (χ2v) is 17.7. The van der Waals surface area contributed by atoms with Gasteiger partial charge in [0.15, 0.2) is 5.65 Å². The number of H-pyrrole nitrogens is 1. The van der Waals surface area contributed by atoms with Crippen molar-refractivity contribution in [2.75, 3.05) is 50.7 Å². The Kier molecular flexibility index (Phi) is 14.7. The highest BCUT2D eigenvalue weighted by Crippen LogP contribution is 2.34. The third kappa shape index (κ3) is 11.6. The molecule has 0 saturated carbocycles. The summed E-state index contributed by atoms with van der Waals surface area (Å²) in [5.41, 5.74) is 1.96. The van der Waals surface area contributed by atoms with Crippen LogP contribution in [0.2, 0.25) is 0 Å². The molecule has 322 valence electrons. The summed E-state index contributed by atoms with van der Waals surface area (Å²) in [4.78, 5) is 84.5. The molecule has 2 fully saturated rings. The molecule has 17 nitrogen and oxygen atoms in total. The quantitative estimate of drug-likeness (QED) is 0.115. The van der Waals surface area contributed by atoms with Gasteiger partial charge in [-0.2, -0.15) is 0 Å². The number of benzene rings is 1. The fraction of sp³-hybridized carbons (Fsp3) is 0.488. The van der Waals surface area contributed by atoms with Crippen molar-refractivity contribution in [3.8, 4) is 5.75 Å². The lowest BCUT2D eigenvalue weighted by Gasteiger charge is -2.38. The molecule has 3 aromatic heterocycles. The Hall–Kier alpha value is -5.17. The van der Waals surface area contributed by atoms with Crippen LogP contribution >= 0.6 is 31.9 Å². The third-order valence-corrected chi connectivity index (χ3v) is 11.8. The molecule has 2 saturated heterocycles. The number of unbranched alkanes of at least 4 members (excludes halogenated alkanes) is 1. The van der Waals surface area contributed by atoms with E-state index in [1.165, 1.54) is 0 Å². The number of ether oxygens (including phenoxy) is 1. The van der Waals surface area contributed by atoms with Gasteiger partial charge in [0, 0.05) is 82.6 Å². The van der Waals surface area contributed by atoms with Crippen molar-refractivity contribution in [3.05, 3.63) is 80.0 Å². The van der Waals surface area contributed by atoms with Gasteiger partial charge in [0.1, 0.15) is 23.4 Å². The van der Waals surface area contributed by atoms with Crippen LogP contribution in [-0.2, 0) is 20.7 Å². The number of carbonyl (C=O) groups excluding carboxylic acids is 4. The summed E-state index contributed by atoms with van der Waals surface area (Å²) >= 11 is 6.74. The molecule has 1 aromatic carbocycles. The number of hydrogen-bond donors (Lipinski definition) is 5. The summed E-state index contributed by atoms with van der Waals surface area (Å²) in [6, 6.07) is 8.11. The minimum Gasteiger partial charge on any atom is -0.506 e. The lowest BCUT2D eigenvalue weighted by atomic mass is 10.0. The molecule has 2 aliphatic rings. The van der Waals surface area contributed by atoms with Gasteiger partial charge in [-0.3, -0.25) is 19.1 Å². The molecule has 5 amide bonds. The van der Waals surface area contributed by atoms with Gasteiger partial charge in [-0.05, 0) is 127 Å². The fourth-order valence-corrected chi connectivity index (χ4v) is 8.79. The van der Waals surface area contributed by atoms with Crippen LogP contribution in [-0.4, -0.2) is 122 Å². The van der Waals surface area contributed by atoms with Crippen molar-refractivity contribution in [2.45, 2.75) is 83.0 Å². The van der Waals surface area contributed by atoms with Crippen molar-refractivity contribution < 1.29 is 29.0 Å². The number of aromatic amines is 1. The number of fused-ring (bicyclic) bond motifs is 1. The molecule has 0 bridgehead atoms. The smallest absolute Gasteiger partial charge is 0.407 e. The summed E-state index contributed by atoms with van der Waals surface area (Å²) in [5, 5.41) is 19.1. The maximum absolute atomic E-state index is 14.4. The number of phenols is 1. The molecular formula is C41H52Br2N10O7. The number of nitrogens with zero attached hydrogens (tertiary/aromatic N) is 6. The Morgan fingerprint density at radius 3 is 2.27 bits per heavy atom. The predicted molar refractivity (Wildman–Crippen MR) is 233 cm³/mol. The van der Waals surface area contributed by atoms with Crippen LogP contribution < -0.4 is 26.5 Å². The first-order valence-corrected chi connectivity index (χ1v) is 21.7. The molecule has 0 unspecified atom stereocenters. The molecule has 0 aliphatic carbocycles. The lowest BCUT2D eigenvalue weighted by Crippen LogP contribution is -2.59. The van der Waals surface area contributed by atoms with E-state index in [2.05, 4.69) is 67.7 Å². The Morgan fingerprint density at radius 2 is 1.60 bits per heavy atom. The first kappa shape index (κ1) is 44.4. The number of likely N-dealkylation sites (tertiary alicyclic amines) is 1. The first-order chi connectivity index (χ1) is 28.7. The van der Waals surface area contributed by atoms with E-state index in [0.29, 0.717) is 97.2 Å². The number of anilines is 1. The van der Waals surface area contributed by atoms with Gasteiger partial charge in [-0.25, -0.2) is 19.4 Å². The number of phenolic OH excluding ortho intramolecular Hbond substituents is 1. The number of alkyl carbamates (subject to hydrolysis) is 1. The second kappa shape index (κ2) is 19.9. The number of nitrogens with one attached hydrogen (secondary N) is 4. The Morgan fingerprint density at radius 1 is 0.917 bits per heavy atom. The van der Waals surface area contributed by atoms with Crippen molar-refractivity contribution in [1.82, 2.24) is 45.3 Å². The number of imidazole rings is 1. The van der Waals surface area contributed by atoms with Gasteiger partial charge in [0.2, 0.25) is 11.8 Å². The largest absolute Gasteiger partial charge is 0.506 e. The second-order valence-electron chi connectivity index (χ2n) is 16.0. The molecule has 6 rings (SSSR count). The molecule has 19 heteroatoms. The Bertz CT molecular complexity index is 2170. The van der Waals surface area contributed by atoms with Gasteiger partial charge in [-0.15, -0.1) is 0 Å². The standard InChI is InChI=1S/C41H52Br2N10O7/c1-41(2,3)60-40(59)46-13-5-4-7-32(37(56)51-21-19-50(20-22-51)27-9-15-44-16-10-27)47-36(55)33(25-26-23-29(42)34(54)30(43)24-26)49-38(57)52-17-11-28(12-18-52)53-35-31(48-39(53)58)8-6-14-45-35/h6,8-10,14-16,23-24,28,32-33,54H,4-5,7,11-13,17-22,25H2,1-3H3,(H,46,59)(H,47,55)(H,48,58)(H,49,57)/t32-,33-/m0/s1. The average molecular weight is 957 g/mol. The van der Waals surface area contributed by atoms with E-state index < -0.39 is 35.7 Å². The number of urea groups is 1. The van der Waals surface area contributed by atoms with E-state index in [4.69, 9.17) is 4.74 Å². The maximum Gasteiger partial charge on any atom is 0.407 e. The number of carbonyl (C=O) groups is 4. The number of halogens is 2. The van der Waals surface area contributed by atoms with E-state index in [1.807, 2.05) is 12.1 Å². The molecular weight excluding hydrogens is 904 g/mol. The Labute approximate surface area is 364 Å². The van der Waals surface area contributed by atoms with E-state index in [0.717, 1.165) is 5.69 Å². The van der Waals surface area contributed by atoms with E-state index in [1.54, 1.807) is 78.0 Å².